The van der Waals surface area contributed by atoms with Crippen molar-refractivity contribution in [3.63, 3.8) is 0 Å². The normalized spacial score (nSPS) is 19.3. The van der Waals surface area contributed by atoms with E-state index in [2.05, 4.69) is 17.2 Å². The Kier molecular flexibility index (Phi) is 3.59. The second-order valence-electron chi connectivity index (χ2n) is 4.61. The first-order valence-electron chi connectivity index (χ1n) is 6.06. The van der Waals surface area contributed by atoms with Gasteiger partial charge in [-0.15, -0.1) is 0 Å². The van der Waals surface area contributed by atoms with Crippen LogP contribution in [0.3, 0.4) is 0 Å². The average Bonchev–Trinajstić information content (AvgIpc) is 2.83. The minimum absolute atomic E-state index is 0.0735. The first-order chi connectivity index (χ1) is 7.77. The summed E-state index contributed by atoms with van der Waals surface area (Å²) >= 11 is 0. The molecule has 1 aromatic heterocycles. The van der Waals surface area contributed by atoms with Crippen molar-refractivity contribution in [2.24, 2.45) is 5.92 Å². The highest BCUT2D eigenvalue weighted by Gasteiger charge is 2.21. The summed E-state index contributed by atoms with van der Waals surface area (Å²) in [4.78, 5) is 15.6. The molecule has 1 fully saturated rings. The molecule has 1 N–H and O–H groups in total. The fourth-order valence-electron chi connectivity index (χ4n) is 2.40. The molecule has 1 atom stereocenters. The number of hydrogen-bond acceptors (Lipinski definition) is 2. The average molecular weight is 221 g/mol. The highest BCUT2D eigenvalue weighted by Crippen LogP contribution is 2.26. The van der Waals surface area contributed by atoms with Gasteiger partial charge in [-0.3, -0.25) is 4.57 Å². The molecule has 4 heteroatoms. The first kappa shape index (κ1) is 11.2. The molecule has 0 saturated heterocycles. The summed E-state index contributed by atoms with van der Waals surface area (Å²) in [6.45, 7) is 2.10. The van der Waals surface area contributed by atoms with Gasteiger partial charge in [-0.05, 0) is 25.7 Å². The Morgan fingerprint density at radius 2 is 2.19 bits per heavy atom. The molecule has 1 unspecified atom stereocenters. The zero-order valence-corrected chi connectivity index (χ0v) is 9.72. The highest BCUT2D eigenvalue weighted by molar-refractivity contribution is 5.76. The number of aromatic nitrogens is 2. The summed E-state index contributed by atoms with van der Waals surface area (Å²) in [5.74, 6) is 0.640. The molecular formula is C12H19N3O. The van der Waals surface area contributed by atoms with Gasteiger partial charge in [-0.1, -0.05) is 19.3 Å². The number of hydrogen-bond donors (Lipinski definition) is 1. The molecule has 88 valence electrons. The second-order valence-corrected chi connectivity index (χ2v) is 4.61. The molecule has 1 amide bonds. The first-order valence-corrected chi connectivity index (χ1v) is 6.06. The van der Waals surface area contributed by atoms with Crippen molar-refractivity contribution in [1.82, 2.24) is 14.9 Å². The van der Waals surface area contributed by atoms with Crippen molar-refractivity contribution in [2.45, 2.75) is 45.1 Å². The van der Waals surface area contributed by atoms with Crippen LogP contribution < -0.4 is 5.32 Å². The predicted octanol–water partition coefficient (Wildman–Crippen LogP) is 2.41. The molecule has 1 aliphatic rings. The highest BCUT2D eigenvalue weighted by atomic mass is 16.2. The summed E-state index contributed by atoms with van der Waals surface area (Å²) < 4.78 is 1.49. The van der Waals surface area contributed by atoms with Crippen molar-refractivity contribution in [2.75, 3.05) is 0 Å². The van der Waals surface area contributed by atoms with E-state index in [-0.39, 0.29) is 12.1 Å². The quantitative estimate of drug-likeness (QED) is 0.833. The van der Waals surface area contributed by atoms with Crippen LogP contribution in [0.2, 0.25) is 0 Å². The van der Waals surface area contributed by atoms with Crippen LogP contribution in [-0.4, -0.2) is 21.6 Å². The minimum atomic E-state index is -0.0735. The van der Waals surface area contributed by atoms with E-state index in [1.165, 1.54) is 43.0 Å². The molecule has 16 heavy (non-hydrogen) atoms. The topological polar surface area (TPSA) is 46.9 Å². The Labute approximate surface area is 96.1 Å². The maximum Gasteiger partial charge on any atom is 0.327 e. The van der Waals surface area contributed by atoms with Gasteiger partial charge in [0.25, 0.3) is 0 Å². The summed E-state index contributed by atoms with van der Waals surface area (Å²) in [5, 5.41) is 3.04. The zero-order valence-electron chi connectivity index (χ0n) is 9.72. The SMILES string of the molecule is CC(NC(=O)n1ccnc1)C1CCCCC1. The fourth-order valence-corrected chi connectivity index (χ4v) is 2.40. The van der Waals surface area contributed by atoms with Crippen LogP contribution in [0, 0.1) is 5.92 Å². The summed E-state index contributed by atoms with van der Waals surface area (Å²) in [5.41, 5.74) is 0. The van der Waals surface area contributed by atoms with E-state index in [1.54, 1.807) is 12.4 Å². The Balaban J connectivity index is 1.86. The van der Waals surface area contributed by atoms with Gasteiger partial charge in [-0.2, -0.15) is 0 Å². The summed E-state index contributed by atoms with van der Waals surface area (Å²) in [7, 11) is 0. The lowest BCUT2D eigenvalue weighted by atomic mass is 9.85. The van der Waals surface area contributed by atoms with E-state index in [4.69, 9.17) is 0 Å². The van der Waals surface area contributed by atoms with E-state index in [9.17, 15) is 4.79 Å². The van der Waals surface area contributed by atoms with E-state index < -0.39 is 0 Å². The molecule has 0 aliphatic heterocycles. The molecule has 0 spiro atoms. The van der Waals surface area contributed by atoms with Crippen LogP contribution in [0.5, 0.6) is 0 Å². The predicted molar refractivity (Wildman–Crippen MR) is 62.2 cm³/mol. The Morgan fingerprint density at radius 1 is 1.44 bits per heavy atom. The number of nitrogens with zero attached hydrogens (tertiary/aromatic N) is 2. The largest absolute Gasteiger partial charge is 0.335 e. The Morgan fingerprint density at radius 3 is 2.81 bits per heavy atom. The van der Waals surface area contributed by atoms with Gasteiger partial charge in [-0.25, -0.2) is 9.78 Å². The van der Waals surface area contributed by atoms with Crippen LogP contribution in [-0.2, 0) is 0 Å². The van der Waals surface area contributed by atoms with Crippen molar-refractivity contribution in [3.05, 3.63) is 18.7 Å². The molecule has 1 saturated carbocycles. The van der Waals surface area contributed by atoms with Crippen molar-refractivity contribution in [3.8, 4) is 0 Å². The summed E-state index contributed by atoms with van der Waals surface area (Å²) in [6.07, 6.45) is 11.2. The maximum absolute atomic E-state index is 11.8. The number of amides is 1. The lowest BCUT2D eigenvalue weighted by Gasteiger charge is -2.28. The minimum Gasteiger partial charge on any atom is -0.335 e. The van der Waals surface area contributed by atoms with Gasteiger partial charge in [0.1, 0.15) is 6.33 Å². The van der Waals surface area contributed by atoms with E-state index in [1.807, 2.05) is 0 Å². The van der Waals surface area contributed by atoms with Crippen LogP contribution in [0.4, 0.5) is 4.79 Å². The van der Waals surface area contributed by atoms with Crippen molar-refractivity contribution < 1.29 is 4.79 Å². The lowest BCUT2D eigenvalue weighted by Crippen LogP contribution is -2.40. The third kappa shape index (κ3) is 2.62. The van der Waals surface area contributed by atoms with Crippen LogP contribution >= 0.6 is 0 Å². The van der Waals surface area contributed by atoms with E-state index >= 15 is 0 Å². The number of imidazole rings is 1. The van der Waals surface area contributed by atoms with E-state index in [0.29, 0.717) is 5.92 Å². The standard InChI is InChI=1S/C12H19N3O/c1-10(11-5-3-2-4-6-11)14-12(16)15-8-7-13-9-15/h7-11H,2-6H2,1H3,(H,14,16). The lowest BCUT2D eigenvalue weighted by molar-refractivity contribution is 0.226. The molecule has 0 aromatic carbocycles. The van der Waals surface area contributed by atoms with Crippen LogP contribution in [0.1, 0.15) is 39.0 Å². The van der Waals surface area contributed by atoms with Gasteiger partial charge in [0.2, 0.25) is 0 Å². The number of carbonyl (C=O) groups is 1. The molecule has 0 bridgehead atoms. The van der Waals surface area contributed by atoms with Gasteiger partial charge in [0.05, 0.1) is 0 Å². The number of nitrogens with one attached hydrogen (secondary N) is 1. The number of carbonyl (C=O) groups excluding carboxylic acids is 1. The molecule has 1 aromatic rings. The third-order valence-electron chi connectivity index (χ3n) is 3.45. The zero-order chi connectivity index (χ0) is 11.4. The summed E-state index contributed by atoms with van der Waals surface area (Å²) in [6, 6.07) is 0.186. The molecule has 1 heterocycles. The van der Waals surface area contributed by atoms with Gasteiger partial charge in [0.15, 0.2) is 0 Å². The Bertz CT molecular complexity index is 328. The smallest absolute Gasteiger partial charge is 0.327 e. The molecular weight excluding hydrogens is 202 g/mol. The molecule has 4 nitrogen and oxygen atoms in total. The second kappa shape index (κ2) is 5.14. The van der Waals surface area contributed by atoms with Gasteiger partial charge < -0.3 is 5.32 Å². The maximum atomic E-state index is 11.8. The number of rotatable bonds is 2. The molecule has 1 aliphatic carbocycles. The van der Waals surface area contributed by atoms with Gasteiger partial charge >= 0.3 is 6.03 Å². The van der Waals surface area contributed by atoms with Crippen molar-refractivity contribution in [1.29, 1.82) is 0 Å². The molecule has 2 rings (SSSR count). The van der Waals surface area contributed by atoms with Crippen molar-refractivity contribution >= 4 is 6.03 Å². The van der Waals surface area contributed by atoms with Crippen LogP contribution in [0.15, 0.2) is 18.7 Å². The van der Waals surface area contributed by atoms with Crippen LogP contribution in [0.25, 0.3) is 0 Å². The third-order valence-corrected chi connectivity index (χ3v) is 3.45. The monoisotopic (exact) mass is 221 g/mol. The fraction of sp³-hybridized carbons (Fsp3) is 0.667. The van der Waals surface area contributed by atoms with Gasteiger partial charge in [0, 0.05) is 18.4 Å². The molecule has 0 radical (unpaired) electrons. The van der Waals surface area contributed by atoms with E-state index in [0.717, 1.165) is 0 Å². The Hall–Kier alpha value is -1.32.